The lowest BCUT2D eigenvalue weighted by molar-refractivity contribution is 0.0944. The second-order valence-corrected chi connectivity index (χ2v) is 5.60. The molecule has 3 aromatic rings. The maximum atomic E-state index is 12.6. The summed E-state index contributed by atoms with van der Waals surface area (Å²) in [4.78, 5) is 16.6. The lowest BCUT2D eigenvalue weighted by Gasteiger charge is -2.12. The number of ether oxygens (including phenoxy) is 2. The van der Waals surface area contributed by atoms with Crippen molar-refractivity contribution in [1.82, 2.24) is 20.1 Å². The zero-order valence-corrected chi connectivity index (χ0v) is 14.9. The van der Waals surface area contributed by atoms with E-state index in [-0.39, 0.29) is 5.91 Å². The van der Waals surface area contributed by atoms with E-state index >= 15 is 0 Å². The van der Waals surface area contributed by atoms with Crippen molar-refractivity contribution in [2.75, 3.05) is 14.2 Å². The minimum absolute atomic E-state index is 0.282. The number of aryl methyl sites for hydroxylation is 1. The molecule has 0 aliphatic carbocycles. The van der Waals surface area contributed by atoms with Crippen LogP contribution in [0.15, 0.2) is 48.8 Å². The van der Waals surface area contributed by atoms with Gasteiger partial charge in [-0.2, -0.15) is 5.10 Å². The molecule has 2 heterocycles. The summed E-state index contributed by atoms with van der Waals surface area (Å²) in [7, 11) is 4.90. The van der Waals surface area contributed by atoms with Gasteiger partial charge in [0, 0.05) is 25.0 Å². The zero-order valence-electron chi connectivity index (χ0n) is 14.9. The molecule has 1 aromatic carbocycles. The Hall–Kier alpha value is -3.35. The van der Waals surface area contributed by atoms with E-state index in [2.05, 4.69) is 15.4 Å². The molecular formula is C19H20N4O3. The molecule has 0 atom stereocenters. The average Bonchev–Trinajstić information content (AvgIpc) is 3.06. The Morgan fingerprint density at radius 2 is 1.77 bits per heavy atom. The number of hydrogen-bond donors (Lipinski definition) is 1. The molecule has 0 saturated carbocycles. The predicted octanol–water partition coefficient (Wildman–Crippen LogP) is 2.43. The van der Waals surface area contributed by atoms with E-state index in [4.69, 9.17) is 9.47 Å². The third-order valence-electron chi connectivity index (χ3n) is 3.99. The molecule has 0 radical (unpaired) electrons. The molecule has 134 valence electrons. The van der Waals surface area contributed by atoms with E-state index < -0.39 is 0 Å². The fourth-order valence-electron chi connectivity index (χ4n) is 2.74. The number of nitrogens with zero attached hydrogens (tertiary/aromatic N) is 3. The number of aromatic nitrogens is 3. The molecule has 3 rings (SSSR count). The van der Waals surface area contributed by atoms with Gasteiger partial charge < -0.3 is 14.8 Å². The van der Waals surface area contributed by atoms with Crippen LogP contribution in [-0.4, -0.2) is 34.9 Å². The molecule has 7 nitrogen and oxygen atoms in total. The quantitative estimate of drug-likeness (QED) is 0.737. The maximum Gasteiger partial charge on any atom is 0.259 e. The molecule has 7 heteroatoms. The number of nitrogens with one attached hydrogen (secondary N) is 1. The van der Waals surface area contributed by atoms with Gasteiger partial charge in [-0.25, -0.2) is 0 Å². The topological polar surface area (TPSA) is 78.3 Å². The molecule has 0 unspecified atom stereocenters. The first-order chi connectivity index (χ1) is 12.6. The summed E-state index contributed by atoms with van der Waals surface area (Å²) in [5.74, 6) is 0.635. The number of methoxy groups -OCH3 is 2. The van der Waals surface area contributed by atoms with Crippen LogP contribution >= 0.6 is 0 Å². The van der Waals surface area contributed by atoms with Crippen molar-refractivity contribution in [2.24, 2.45) is 7.05 Å². The highest BCUT2D eigenvalue weighted by molar-refractivity contribution is 5.99. The van der Waals surface area contributed by atoms with Gasteiger partial charge in [0.05, 0.1) is 32.2 Å². The summed E-state index contributed by atoms with van der Waals surface area (Å²) in [6, 6.07) is 11.0. The second-order valence-electron chi connectivity index (χ2n) is 5.60. The van der Waals surface area contributed by atoms with Crippen LogP contribution in [0.5, 0.6) is 11.5 Å². The molecule has 2 aromatic heterocycles. The van der Waals surface area contributed by atoms with Crippen molar-refractivity contribution < 1.29 is 14.3 Å². The number of benzene rings is 1. The van der Waals surface area contributed by atoms with Crippen molar-refractivity contribution in [3.05, 3.63) is 60.0 Å². The van der Waals surface area contributed by atoms with Crippen LogP contribution in [0, 0.1) is 0 Å². The monoisotopic (exact) mass is 352 g/mol. The van der Waals surface area contributed by atoms with Gasteiger partial charge >= 0.3 is 0 Å². The SMILES string of the molecule is COc1cccc(OC)c1C(=O)NCc1cc(-c2ccncc2)n(C)n1. The summed E-state index contributed by atoms with van der Waals surface area (Å²) in [6.07, 6.45) is 3.47. The third kappa shape index (κ3) is 3.51. The molecule has 0 aliphatic rings. The Labute approximate surface area is 151 Å². The van der Waals surface area contributed by atoms with Crippen LogP contribution in [-0.2, 0) is 13.6 Å². The highest BCUT2D eigenvalue weighted by atomic mass is 16.5. The Balaban J connectivity index is 1.77. The normalized spacial score (nSPS) is 10.4. The van der Waals surface area contributed by atoms with Gasteiger partial charge in [-0.1, -0.05) is 6.07 Å². The number of hydrogen-bond acceptors (Lipinski definition) is 5. The van der Waals surface area contributed by atoms with E-state index in [0.29, 0.717) is 23.6 Å². The zero-order chi connectivity index (χ0) is 18.5. The van der Waals surface area contributed by atoms with Crippen LogP contribution in [0.25, 0.3) is 11.3 Å². The number of amides is 1. The standard InChI is InChI=1S/C19H20N4O3/c1-23-15(13-7-9-20-10-8-13)11-14(22-23)12-21-19(24)18-16(25-2)5-4-6-17(18)26-3/h4-11H,12H2,1-3H3,(H,21,24). The molecular weight excluding hydrogens is 332 g/mol. The highest BCUT2D eigenvalue weighted by Crippen LogP contribution is 2.28. The van der Waals surface area contributed by atoms with Gasteiger partial charge in [0.15, 0.2) is 0 Å². The van der Waals surface area contributed by atoms with Crippen molar-refractivity contribution in [3.63, 3.8) is 0 Å². The van der Waals surface area contributed by atoms with Gasteiger partial charge in [0.2, 0.25) is 0 Å². The molecule has 26 heavy (non-hydrogen) atoms. The van der Waals surface area contributed by atoms with E-state index in [1.807, 2.05) is 25.2 Å². The maximum absolute atomic E-state index is 12.6. The Kier molecular flexibility index (Phi) is 5.17. The van der Waals surface area contributed by atoms with Gasteiger partial charge in [0.1, 0.15) is 17.1 Å². The smallest absolute Gasteiger partial charge is 0.259 e. The first kappa shape index (κ1) is 17.5. The molecule has 1 amide bonds. The molecule has 0 fully saturated rings. The summed E-state index contributed by atoms with van der Waals surface area (Å²) < 4.78 is 12.3. The van der Waals surface area contributed by atoms with Crippen molar-refractivity contribution in [3.8, 4) is 22.8 Å². The van der Waals surface area contributed by atoms with Gasteiger partial charge in [-0.15, -0.1) is 0 Å². The Bertz CT molecular complexity index is 884. The van der Waals surface area contributed by atoms with E-state index in [1.165, 1.54) is 14.2 Å². The summed E-state index contributed by atoms with van der Waals surface area (Å²) in [6.45, 7) is 0.291. The van der Waals surface area contributed by atoms with Crippen LogP contribution in [0.3, 0.4) is 0 Å². The number of carbonyl (C=O) groups excluding carboxylic acids is 1. The molecule has 0 aliphatic heterocycles. The van der Waals surface area contributed by atoms with Crippen LogP contribution in [0.2, 0.25) is 0 Å². The van der Waals surface area contributed by atoms with Crippen molar-refractivity contribution in [2.45, 2.75) is 6.54 Å². The average molecular weight is 352 g/mol. The van der Waals surface area contributed by atoms with Crippen molar-refractivity contribution in [1.29, 1.82) is 0 Å². The lowest BCUT2D eigenvalue weighted by Crippen LogP contribution is -2.24. The number of carbonyl (C=O) groups is 1. The van der Waals surface area contributed by atoms with Gasteiger partial charge in [0.25, 0.3) is 5.91 Å². The summed E-state index contributed by atoms with van der Waals surface area (Å²) in [5, 5.41) is 7.33. The fourth-order valence-corrected chi connectivity index (χ4v) is 2.74. The lowest BCUT2D eigenvalue weighted by atomic mass is 10.1. The molecule has 0 spiro atoms. The Morgan fingerprint density at radius 3 is 2.38 bits per heavy atom. The van der Waals surface area contributed by atoms with E-state index in [9.17, 15) is 4.79 Å². The van der Waals surface area contributed by atoms with Crippen LogP contribution < -0.4 is 14.8 Å². The minimum Gasteiger partial charge on any atom is -0.496 e. The fraction of sp³-hybridized carbons (Fsp3) is 0.211. The highest BCUT2D eigenvalue weighted by Gasteiger charge is 2.18. The van der Waals surface area contributed by atoms with Gasteiger partial charge in [-0.3, -0.25) is 14.5 Å². The second kappa shape index (κ2) is 7.69. The molecule has 0 saturated heterocycles. The first-order valence-electron chi connectivity index (χ1n) is 8.06. The predicted molar refractivity (Wildman–Crippen MR) is 97.2 cm³/mol. The third-order valence-corrected chi connectivity index (χ3v) is 3.99. The van der Waals surface area contributed by atoms with Crippen LogP contribution in [0.1, 0.15) is 16.1 Å². The Morgan fingerprint density at radius 1 is 1.12 bits per heavy atom. The van der Waals surface area contributed by atoms with Crippen molar-refractivity contribution >= 4 is 5.91 Å². The summed E-state index contributed by atoms with van der Waals surface area (Å²) >= 11 is 0. The van der Waals surface area contributed by atoms with E-state index in [0.717, 1.165) is 17.0 Å². The summed E-state index contributed by atoms with van der Waals surface area (Å²) in [5.41, 5.74) is 3.08. The van der Waals surface area contributed by atoms with Gasteiger partial charge in [-0.05, 0) is 30.3 Å². The minimum atomic E-state index is -0.282. The number of rotatable bonds is 6. The van der Waals surface area contributed by atoms with Crippen LogP contribution in [0.4, 0.5) is 0 Å². The molecule has 1 N–H and O–H groups in total. The first-order valence-corrected chi connectivity index (χ1v) is 8.06. The largest absolute Gasteiger partial charge is 0.496 e. The molecule has 0 bridgehead atoms. The number of pyridine rings is 1. The van der Waals surface area contributed by atoms with E-state index in [1.54, 1.807) is 35.3 Å².